The Morgan fingerprint density at radius 1 is 1.10 bits per heavy atom. The lowest BCUT2D eigenvalue weighted by molar-refractivity contribution is -0.0497. The fourth-order valence-corrected chi connectivity index (χ4v) is 7.48. The molecule has 9 heteroatoms. The van der Waals surface area contributed by atoms with Gasteiger partial charge in [-0.1, -0.05) is 0 Å². The molecular formula is C22H31F2N3O3S. The second kappa shape index (κ2) is 8.02. The first-order valence-electron chi connectivity index (χ1n) is 11.3. The van der Waals surface area contributed by atoms with Gasteiger partial charge in [0, 0.05) is 37.3 Å². The lowest BCUT2D eigenvalue weighted by Crippen LogP contribution is -2.50. The number of ether oxygens (including phenoxy) is 1. The van der Waals surface area contributed by atoms with Gasteiger partial charge in [-0.05, 0) is 68.7 Å². The minimum Gasteiger partial charge on any atom is -0.370 e. The average molecular weight is 456 g/mol. The van der Waals surface area contributed by atoms with Crippen LogP contribution in [0.3, 0.4) is 0 Å². The zero-order chi connectivity index (χ0) is 21.8. The summed E-state index contributed by atoms with van der Waals surface area (Å²) >= 11 is 0. The molecule has 1 aromatic carbocycles. The van der Waals surface area contributed by atoms with Crippen LogP contribution in [-0.4, -0.2) is 67.7 Å². The molecule has 1 aromatic rings. The standard InChI is InChI=1S/C22H31F2N3O3S/c23-15-1-4-19(24)18(11-15)21-20(25)12-16(13-30-21)26-8-5-22(14-26)6-9-27(10-7-22)31(28,29)17-2-3-17/h1,4,11,16-17,20-21H,2-3,5-10,12-14,25H2/t16-,20?,21?/m1/s1. The molecule has 2 unspecified atom stereocenters. The number of nitrogens with two attached hydrogens (primary N) is 1. The van der Waals surface area contributed by atoms with Gasteiger partial charge in [0.15, 0.2) is 0 Å². The summed E-state index contributed by atoms with van der Waals surface area (Å²) in [4.78, 5) is 2.41. The van der Waals surface area contributed by atoms with Crippen molar-refractivity contribution in [2.75, 3.05) is 32.8 Å². The van der Waals surface area contributed by atoms with Crippen LogP contribution in [0.4, 0.5) is 8.78 Å². The summed E-state index contributed by atoms with van der Waals surface area (Å²) in [6.45, 7) is 3.54. The normalized spacial score (nSPS) is 32.5. The summed E-state index contributed by atoms with van der Waals surface area (Å²) in [6, 6.07) is 3.13. The number of likely N-dealkylation sites (tertiary alicyclic amines) is 1. The topological polar surface area (TPSA) is 75.9 Å². The third kappa shape index (κ3) is 4.15. The van der Waals surface area contributed by atoms with E-state index in [-0.39, 0.29) is 22.3 Å². The quantitative estimate of drug-likeness (QED) is 0.755. The zero-order valence-corrected chi connectivity index (χ0v) is 18.5. The van der Waals surface area contributed by atoms with Crippen molar-refractivity contribution in [2.45, 2.75) is 62.0 Å². The third-order valence-corrected chi connectivity index (χ3v) is 10.1. The first-order valence-corrected chi connectivity index (χ1v) is 12.8. The van der Waals surface area contributed by atoms with E-state index in [0.717, 1.165) is 57.3 Å². The number of halogens is 2. The molecule has 2 N–H and O–H groups in total. The van der Waals surface area contributed by atoms with Crippen LogP contribution in [0.5, 0.6) is 0 Å². The fourth-order valence-electron chi connectivity index (χ4n) is 5.63. The van der Waals surface area contributed by atoms with Gasteiger partial charge in [-0.25, -0.2) is 21.5 Å². The summed E-state index contributed by atoms with van der Waals surface area (Å²) in [5.41, 5.74) is 6.69. The van der Waals surface area contributed by atoms with Gasteiger partial charge < -0.3 is 10.5 Å². The van der Waals surface area contributed by atoms with E-state index in [1.807, 2.05) is 0 Å². The molecule has 1 saturated carbocycles. The largest absolute Gasteiger partial charge is 0.370 e. The molecule has 0 aromatic heterocycles. The molecule has 3 aliphatic heterocycles. The van der Waals surface area contributed by atoms with Crippen molar-refractivity contribution in [3.8, 4) is 0 Å². The Balaban J connectivity index is 1.18. The Labute approximate surface area is 182 Å². The summed E-state index contributed by atoms with van der Waals surface area (Å²) in [5, 5.41) is -0.140. The van der Waals surface area contributed by atoms with Crippen LogP contribution in [0.1, 0.15) is 50.2 Å². The Morgan fingerprint density at radius 3 is 2.48 bits per heavy atom. The molecule has 4 fully saturated rings. The molecule has 3 heterocycles. The molecule has 1 spiro atoms. The number of benzene rings is 1. The number of nitrogens with zero attached hydrogens (tertiary/aromatic N) is 2. The van der Waals surface area contributed by atoms with Crippen molar-refractivity contribution >= 4 is 10.0 Å². The van der Waals surface area contributed by atoms with Gasteiger partial charge in [0.05, 0.1) is 11.9 Å². The summed E-state index contributed by atoms with van der Waals surface area (Å²) in [5.74, 6) is -0.987. The Bertz CT molecular complexity index is 932. The van der Waals surface area contributed by atoms with Gasteiger partial charge in [-0.15, -0.1) is 0 Å². The molecule has 1 aliphatic carbocycles. The molecule has 3 saturated heterocycles. The smallest absolute Gasteiger partial charge is 0.216 e. The van der Waals surface area contributed by atoms with E-state index in [9.17, 15) is 17.2 Å². The third-order valence-electron chi connectivity index (χ3n) is 7.74. The second-order valence-corrected chi connectivity index (χ2v) is 12.0. The SMILES string of the molecule is NC1C[C@@H](N2CCC3(CCN(S(=O)(=O)C4CC4)CC3)C2)COC1c1cc(F)ccc1F. The number of hydrogen-bond donors (Lipinski definition) is 1. The van der Waals surface area contributed by atoms with Crippen molar-refractivity contribution in [3.05, 3.63) is 35.4 Å². The Kier molecular flexibility index (Phi) is 5.62. The first-order chi connectivity index (χ1) is 14.8. The first kappa shape index (κ1) is 21.7. The highest BCUT2D eigenvalue weighted by molar-refractivity contribution is 7.90. The maximum absolute atomic E-state index is 14.2. The maximum atomic E-state index is 14.2. The molecule has 3 atom stereocenters. The predicted molar refractivity (Wildman–Crippen MR) is 113 cm³/mol. The van der Waals surface area contributed by atoms with Crippen LogP contribution in [-0.2, 0) is 14.8 Å². The highest BCUT2D eigenvalue weighted by Crippen LogP contribution is 2.44. The number of piperidine rings is 1. The molecule has 172 valence electrons. The highest BCUT2D eigenvalue weighted by atomic mass is 32.2. The highest BCUT2D eigenvalue weighted by Gasteiger charge is 2.48. The molecule has 0 radical (unpaired) electrons. The molecule has 31 heavy (non-hydrogen) atoms. The lowest BCUT2D eigenvalue weighted by Gasteiger charge is -2.41. The second-order valence-electron chi connectivity index (χ2n) is 9.84. The van der Waals surface area contributed by atoms with Crippen molar-refractivity contribution in [1.82, 2.24) is 9.21 Å². The van der Waals surface area contributed by atoms with Crippen LogP contribution < -0.4 is 5.73 Å². The van der Waals surface area contributed by atoms with Crippen LogP contribution in [0.2, 0.25) is 0 Å². The van der Waals surface area contributed by atoms with Crippen LogP contribution >= 0.6 is 0 Å². The molecule has 6 nitrogen and oxygen atoms in total. The molecular weight excluding hydrogens is 424 g/mol. The van der Waals surface area contributed by atoms with Gasteiger partial charge in [0.25, 0.3) is 0 Å². The van der Waals surface area contributed by atoms with Crippen molar-refractivity contribution in [3.63, 3.8) is 0 Å². The maximum Gasteiger partial charge on any atom is 0.216 e. The van der Waals surface area contributed by atoms with Crippen molar-refractivity contribution in [2.24, 2.45) is 11.1 Å². The van der Waals surface area contributed by atoms with Gasteiger partial charge in [0.2, 0.25) is 10.0 Å². The number of hydrogen-bond acceptors (Lipinski definition) is 5. The summed E-state index contributed by atoms with van der Waals surface area (Å²) in [6.07, 6.45) is 4.48. The average Bonchev–Trinajstić information content (AvgIpc) is 3.54. The summed E-state index contributed by atoms with van der Waals surface area (Å²) < 4.78 is 60.5. The number of sulfonamides is 1. The monoisotopic (exact) mass is 455 g/mol. The van der Waals surface area contributed by atoms with Crippen LogP contribution in [0.15, 0.2) is 18.2 Å². The van der Waals surface area contributed by atoms with E-state index < -0.39 is 33.8 Å². The van der Waals surface area contributed by atoms with Crippen LogP contribution in [0, 0.1) is 17.0 Å². The van der Waals surface area contributed by atoms with Gasteiger partial charge in [0.1, 0.15) is 17.7 Å². The van der Waals surface area contributed by atoms with E-state index in [0.29, 0.717) is 26.1 Å². The van der Waals surface area contributed by atoms with Gasteiger partial charge in [-0.3, -0.25) is 4.90 Å². The molecule has 0 bridgehead atoms. The van der Waals surface area contributed by atoms with E-state index in [1.165, 1.54) is 6.07 Å². The fraction of sp³-hybridized carbons (Fsp3) is 0.727. The van der Waals surface area contributed by atoms with E-state index >= 15 is 0 Å². The molecule has 0 amide bonds. The van der Waals surface area contributed by atoms with Crippen molar-refractivity contribution in [1.29, 1.82) is 0 Å². The zero-order valence-electron chi connectivity index (χ0n) is 17.7. The summed E-state index contributed by atoms with van der Waals surface area (Å²) in [7, 11) is -3.09. The van der Waals surface area contributed by atoms with Crippen LogP contribution in [0.25, 0.3) is 0 Å². The van der Waals surface area contributed by atoms with Gasteiger partial charge >= 0.3 is 0 Å². The van der Waals surface area contributed by atoms with E-state index in [1.54, 1.807) is 4.31 Å². The Hall–Kier alpha value is -1.13. The Morgan fingerprint density at radius 2 is 1.81 bits per heavy atom. The van der Waals surface area contributed by atoms with Crippen molar-refractivity contribution < 1.29 is 21.9 Å². The lowest BCUT2D eigenvalue weighted by atomic mass is 9.78. The predicted octanol–water partition coefficient (Wildman–Crippen LogP) is 2.40. The van der Waals surface area contributed by atoms with Gasteiger partial charge in [-0.2, -0.15) is 0 Å². The number of rotatable bonds is 4. The molecule has 4 aliphatic rings. The minimum absolute atomic E-state index is 0.140. The van der Waals surface area contributed by atoms with E-state index in [2.05, 4.69) is 4.90 Å². The molecule has 5 rings (SSSR count). The minimum atomic E-state index is -3.09. The van der Waals surface area contributed by atoms with E-state index in [4.69, 9.17) is 10.5 Å².